The smallest absolute Gasteiger partial charge is 0.307 e. The van der Waals surface area contributed by atoms with Gasteiger partial charge in [-0.3, -0.25) is 9.59 Å². The zero-order valence-corrected chi connectivity index (χ0v) is 11.3. The van der Waals surface area contributed by atoms with Crippen molar-refractivity contribution in [3.63, 3.8) is 0 Å². The Morgan fingerprint density at radius 1 is 1.41 bits per heavy atom. The van der Waals surface area contributed by atoms with Gasteiger partial charge >= 0.3 is 5.97 Å². The van der Waals surface area contributed by atoms with Gasteiger partial charge in [0.1, 0.15) is 0 Å². The van der Waals surface area contributed by atoms with Gasteiger partial charge in [-0.25, -0.2) is 0 Å². The lowest BCUT2D eigenvalue weighted by atomic mass is 9.95. The molecule has 0 aromatic carbocycles. The zero-order chi connectivity index (χ0) is 12.8. The number of carboxylic acids is 1. The quantitative estimate of drug-likeness (QED) is 0.762. The minimum absolute atomic E-state index is 0.0804. The van der Waals surface area contributed by atoms with Crippen LogP contribution in [0.5, 0.6) is 0 Å². The van der Waals surface area contributed by atoms with E-state index in [2.05, 4.69) is 12.2 Å². The molecule has 0 aromatic rings. The molecule has 1 saturated carbocycles. The van der Waals surface area contributed by atoms with Crippen molar-refractivity contribution in [3.05, 3.63) is 0 Å². The number of carbonyl (C=O) groups is 2. The summed E-state index contributed by atoms with van der Waals surface area (Å²) in [6.07, 6.45) is 5.16. The molecule has 5 heteroatoms. The molecule has 98 valence electrons. The summed E-state index contributed by atoms with van der Waals surface area (Å²) in [5.74, 6) is -1.71. The molecule has 17 heavy (non-hydrogen) atoms. The molecule has 4 nitrogen and oxygen atoms in total. The number of aliphatic carboxylic acids is 1. The summed E-state index contributed by atoms with van der Waals surface area (Å²) in [6, 6.07) is 0. The van der Waals surface area contributed by atoms with E-state index in [0.717, 1.165) is 12.8 Å². The van der Waals surface area contributed by atoms with Gasteiger partial charge < -0.3 is 10.4 Å². The Bertz CT molecular complexity index is 283. The molecule has 1 fully saturated rings. The Morgan fingerprint density at radius 2 is 2.06 bits per heavy atom. The summed E-state index contributed by atoms with van der Waals surface area (Å²) >= 11 is 1.77. The first-order chi connectivity index (χ1) is 8.06. The van der Waals surface area contributed by atoms with Gasteiger partial charge in [-0.05, 0) is 25.5 Å². The lowest BCUT2D eigenvalue weighted by Crippen LogP contribution is -2.36. The highest BCUT2D eigenvalue weighted by Gasteiger charge is 2.37. The van der Waals surface area contributed by atoms with Crippen LogP contribution in [0.4, 0.5) is 0 Å². The SMILES string of the molecule is CSC(C)CCNC(=O)C1CCCC1C(=O)O. The Labute approximate surface area is 107 Å². The lowest BCUT2D eigenvalue weighted by molar-refractivity contribution is -0.146. The first-order valence-electron chi connectivity index (χ1n) is 6.09. The average molecular weight is 259 g/mol. The molecule has 3 unspecified atom stereocenters. The highest BCUT2D eigenvalue weighted by molar-refractivity contribution is 7.99. The number of carbonyl (C=O) groups excluding carboxylic acids is 1. The van der Waals surface area contributed by atoms with Crippen LogP contribution >= 0.6 is 11.8 Å². The van der Waals surface area contributed by atoms with Gasteiger partial charge in [-0.2, -0.15) is 11.8 Å². The van der Waals surface area contributed by atoms with E-state index in [9.17, 15) is 9.59 Å². The number of hydrogen-bond acceptors (Lipinski definition) is 3. The number of hydrogen-bond donors (Lipinski definition) is 2. The van der Waals surface area contributed by atoms with E-state index in [1.807, 2.05) is 6.26 Å². The van der Waals surface area contributed by atoms with E-state index >= 15 is 0 Å². The van der Waals surface area contributed by atoms with Crippen LogP contribution in [0.25, 0.3) is 0 Å². The molecule has 1 amide bonds. The van der Waals surface area contributed by atoms with Crippen LogP contribution in [-0.2, 0) is 9.59 Å². The van der Waals surface area contributed by atoms with Crippen LogP contribution in [0.2, 0.25) is 0 Å². The van der Waals surface area contributed by atoms with Gasteiger partial charge in [0.25, 0.3) is 0 Å². The third-order valence-electron chi connectivity index (χ3n) is 3.42. The van der Waals surface area contributed by atoms with Crippen LogP contribution in [0, 0.1) is 11.8 Å². The maximum atomic E-state index is 11.8. The van der Waals surface area contributed by atoms with Crippen molar-refractivity contribution in [1.82, 2.24) is 5.32 Å². The van der Waals surface area contributed by atoms with Crippen molar-refractivity contribution >= 4 is 23.6 Å². The number of rotatable bonds is 6. The Balaban J connectivity index is 2.34. The first kappa shape index (κ1) is 14.4. The minimum Gasteiger partial charge on any atom is -0.481 e. The topological polar surface area (TPSA) is 66.4 Å². The molecule has 0 aliphatic heterocycles. The summed E-state index contributed by atoms with van der Waals surface area (Å²) in [6.45, 7) is 2.76. The average Bonchev–Trinajstić information content (AvgIpc) is 2.77. The number of carboxylic acid groups (broad SMARTS) is 1. The molecule has 0 radical (unpaired) electrons. The predicted molar refractivity (Wildman–Crippen MR) is 69.1 cm³/mol. The molecule has 3 atom stereocenters. The summed E-state index contributed by atoms with van der Waals surface area (Å²) in [5, 5.41) is 12.4. The highest BCUT2D eigenvalue weighted by atomic mass is 32.2. The van der Waals surface area contributed by atoms with Crippen LogP contribution < -0.4 is 5.32 Å². The highest BCUT2D eigenvalue weighted by Crippen LogP contribution is 2.31. The molecule has 0 spiro atoms. The fourth-order valence-electron chi connectivity index (χ4n) is 2.22. The first-order valence-corrected chi connectivity index (χ1v) is 7.38. The van der Waals surface area contributed by atoms with Crippen molar-refractivity contribution in [2.24, 2.45) is 11.8 Å². The molecular formula is C12H21NO3S. The summed E-state index contributed by atoms with van der Waals surface area (Å²) < 4.78 is 0. The summed E-state index contributed by atoms with van der Waals surface area (Å²) in [4.78, 5) is 22.8. The van der Waals surface area contributed by atoms with Crippen molar-refractivity contribution in [3.8, 4) is 0 Å². The van der Waals surface area contributed by atoms with Crippen LogP contribution in [0.15, 0.2) is 0 Å². The van der Waals surface area contributed by atoms with E-state index < -0.39 is 11.9 Å². The molecule has 1 aliphatic carbocycles. The second-order valence-electron chi connectivity index (χ2n) is 4.61. The fraction of sp³-hybridized carbons (Fsp3) is 0.833. The molecule has 0 heterocycles. The van der Waals surface area contributed by atoms with Crippen molar-refractivity contribution < 1.29 is 14.7 Å². The van der Waals surface area contributed by atoms with E-state index in [4.69, 9.17) is 5.11 Å². The van der Waals surface area contributed by atoms with E-state index in [1.54, 1.807) is 11.8 Å². The second kappa shape index (κ2) is 6.89. The third kappa shape index (κ3) is 4.22. The van der Waals surface area contributed by atoms with Gasteiger partial charge in [0, 0.05) is 11.8 Å². The Morgan fingerprint density at radius 3 is 2.65 bits per heavy atom. The monoisotopic (exact) mass is 259 g/mol. The molecule has 1 rings (SSSR count). The zero-order valence-electron chi connectivity index (χ0n) is 10.4. The predicted octanol–water partition coefficient (Wildman–Crippen LogP) is 1.75. The van der Waals surface area contributed by atoms with Crippen LogP contribution in [-0.4, -0.2) is 35.0 Å². The van der Waals surface area contributed by atoms with Gasteiger partial charge in [0.15, 0.2) is 0 Å². The van der Waals surface area contributed by atoms with Crippen molar-refractivity contribution in [2.45, 2.75) is 37.9 Å². The normalized spacial score (nSPS) is 25.5. The molecule has 2 N–H and O–H groups in total. The third-order valence-corrected chi connectivity index (χ3v) is 4.46. The van der Waals surface area contributed by atoms with Crippen LogP contribution in [0.3, 0.4) is 0 Å². The molecular weight excluding hydrogens is 238 g/mol. The van der Waals surface area contributed by atoms with Crippen LogP contribution in [0.1, 0.15) is 32.6 Å². The molecule has 0 saturated heterocycles. The maximum Gasteiger partial charge on any atom is 0.307 e. The van der Waals surface area contributed by atoms with Gasteiger partial charge in [-0.1, -0.05) is 13.3 Å². The van der Waals surface area contributed by atoms with E-state index in [-0.39, 0.29) is 11.8 Å². The molecule has 1 aliphatic rings. The van der Waals surface area contributed by atoms with Gasteiger partial charge in [0.05, 0.1) is 11.8 Å². The van der Waals surface area contributed by atoms with Crippen molar-refractivity contribution in [2.75, 3.05) is 12.8 Å². The number of amides is 1. The lowest BCUT2D eigenvalue weighted by Gasteiger charge is -2.16. The maximum absolute atomic E-state index is 11.8. The Kier molecular flexibility index (Phi) is 5.82. The molecule has 0 aromatic heterocycles. The summed E-state index contributed by atoms with van der Waals surface area (Å²) in [5.41, 5.74) is 0. The van der Waals surface area contributed by atoms with Gasteiger partial charge in [-0.15, -0.1) is 0 Å². The fourth-order valence-corrected chi connectivity index (χ4v) is 2.57. The van der Waals surface area contributed by atoms with E-state index in [0.29, 0.717) is 24.6 Å². The largest absolute Gasteiger partial charge is 0.481 e. The standard InChI is InChI=1S/C12H21NO3S/c1-8(17-2)6-7-13-11(14)9-4-3-5-10(9)12(15)16/h8-10H,3-7H2,1-2H3,(H,13,14)(H,15,16). The summed E-state index contributed by atoms with van der Waals surface area (Å²) in [7, 11) is 0. The number of nitrogens with one attached hydrogen (secondary N) is 1. The Hall–Kier alpha value is -0.710. The van der Waals surface area contributed by atoms with Crippen molar-refractivity contribution in [1.29, 1.82) is 0 Å². The number of thioether (sulfide) groups is 1. The van der Waals surface area contributed by atoms with Gasteiger partial charge in [0.2, 0.25) is 5.91 Å². The minimum atomic E-state index is -0.833. The molecule has 0 bridgehead atoms. The van der Waals surface area contributed by atoms with E-state index in [1.165, 1.54) is 0 Å². The second-order valence-corrected chi connectivity index (χ2v) is 5.88.